The second kappa shape index (κ2) is 38.6. The molecule has 2 aromatic carbocycles. The second-order valence-electron chi connectivity index (χ2n) is 36.1. The van der Waals surface area contributed by atoms with Gasteiger partial charge in [0.15, 0.2) is 134 Å². The van der Waals surface area contributed by atoms with Gasteiger partial charge in [-0.15, -0.1) is 30.6 Å². The van der Waals surface area contributed by atoms with Gasteiger partial charge in [0, 0.05) is 48.3 Å². The number of fused-ring (bicyclic) bond motifs is 18. The first kappa shape index (κ1) is 98.3. The number of rotatable bonds is 10. The third kappa shape index (κ3) is 16.6. The molecule has 7 aliphatic heterocycles. The van der Waals surface area contributed by atoms with Crippen LogP contribution in [-0.4, -0.2) is 314 Å². The van der Waals surface area contributed by atoms with Gasteiger partial charge in [0.25, 0.3) is 0 Å². The van der Waals surface area contributed by atoms with E-state index < -0.39 is 115 Å². The summed E-state index contributed by atoms with van der Waals surface area (Å²) in [5.41, 5.74) is 9.17. The van der Waals surface area contributed by atoms with Crippen molar-refractivity contribution in [2.45, 2.75) is 126 Å². The van der Waals surface area contributed by atoms with E-state index in [1.807, 2.05) is 12.1 Å². The van der Waals surface area contributed by atoms with E-state index in [2.05, 4.69) is 161 Å². The van der Waals surface area contributed by atoms with Crippen LogP contribution < -0.4 is 10.6 Å². The molecule has 25 heterocycles. The molecule has 0 saturated heterocycles. The first-order valence-corrected chi connectivity index (χ1v) is 52.5. The van der Waals surface area contributed by atoms with Crippen molar-refractivity contribution in [1.29, 1.82) is 0 Å². The predicted octanol–water partition coefficient (Wildman–Crippen LogP) is -0.487. The number of ether oxygens (including phenoxy) is 2. The lowest BCUT2D eigenvalue weighted by Gasteiger charge is -2.28. The molecule has 27 rings (SSSR count). The van der Waals surface area contributed by atoms with Crippen LogP contribution >= 0.6 is 0 Å². The second-order valence-corrected chi connectivity index (χ2v) is 46.1. The number of methoxy groups -OCH3 is 2. The Bertz CT molecular complexity index is 7770. The molecule has 0 bridgehead atoms. The molecule has 0 aliphatic carbocycles. The Kier molecular flexibility index (Phi) is 25.3. The van der Waals surface area contributed by atoms with Crippen LogP contribution in [0, 0.1) is 0 Å². The van der Waals surface area contributed by atoms with Gasteiger partial charge in [-0.3, -0.25) is 38.7 Å². The number of aliphatic hydroxyl groups is 14. The fourth-order valence-electron chi connectivity index (χ4n) is 18.1. The Morgan fingerprint density at radius 3 is 1.07 bits per heavy atom. The number of benzene rings is 2. The number of aldehydes is 2. The van der Waals surface area contributed by atoms with Gasteiger partial charge >= 0.3 is 11.9 Å². The minimum atomic E-state index is -1.80. The standard InChI is InChI=1S/C24H20N4O6.C16H12N8O2.C14H10N6O2.C12H22N6O2Si2.C10H8N4O4.C8H8N4O2.C6H6N6O2/c1-33-23(31)17-15(13-9-5-3-6-10-13)19-21(29)28-20(22(30)27(19)25-17)16(14-11-7-4-8-12-14)18(26-28)24(32)34-2;25-15-13-19-11(9-5-1-3-7-17-9)21-23(13)16(26)14-20-12(22-24(14)15)10-6-2-4-8-18-10;21-13-12-18-8-6-16-4-2-10(8)20(12)14(22)11-17-7-5-15-3-1-9(7)19(11)13;1-21(2,3)9-7-11(19)18-8(12(20)17(7)15-13-9)10(14-16-18)22(4,5)6;15-3-5-1-7-9(17)14-8(2-6(4-16)12-14)10(18)13(7)11-5;13-7-5-1-3-9-11(5)8(14)6-2-4-10-12(6)7;13-5-3-1-7-9-11(3)6(14)4-2-8-10-12(4)5/h3-12,21-22,29-30H,1-2H3;1-8,15-16,25-26H;1-6,13-14,21-22H;11-12,19-20H,1-6H3;1-4,9-10,17-18H;1-4,7-8,13-14H;1-2,5-6,13-14H/t;;;;;7-,8?;/m.....0./s1. The molecule has 150 heavy (non-hydrogen) atoms. The lowest BCUT2D eigenvalue weighted by Crippen LogP contribution is -2.47. The van der Waals surface area contributed by atoms with Crippen LogP contribution in [-0.2, 0) is 9.47 Å². The van der Waals surface area contributed by atoms with Crippen molar-refractivity contribution in [2.75, 3.05) is 14.2 Å². The summed E-state index contributed by atoms with van der Waals surface area (Å²) in [6, 6.07) is 37.9. The van der Waals surface area contributed by atoms with Crippen molar-refractivity contribution >= 4 is 73.4 Å². The highest BCUT2D eigenvalue weighted by Crippen LogP contribution is 2.46. The topological polar surface area (TPSA) is 748 Å². The zero-order valence-corrected chi connectivity index (χ0v) is 81.4. The lowest BCUT2D eigenvalue weighted by atomic mass is 9.99. The highest BCUT2D eigenvalue weighted by Gasteiger charge is 2.47. The molecule has 58 nitrogen and oxygen atoms in total. The van der Waals surface area contributed by atoms with Crippen molar-refractivity contribution in [3.8, 4) is 45.3 Å². The minimum absolute atomic E-state index is 0.0676. The van der Waals surface area contributed by atoms with E-state index in [9.17, 15) is 90.7 Å². The maximum absolute atomic E-state index is 12.6. The summed E-state index contributed by atoms with van der Waals surface area (Å²) in [7, 11) is -1.15. The van der Waals surface area contributed by atoms with Crippen molar-refractivity contribution in [3.63, 3.8) is 0 Å². The van der Waals surface area contributed by atoms with Gasteiger partial charge in [-0.05, 0) is 71.8 Å². The average molecular weight is 2080 g/mol. The molecular formula is C90H86N38O20Si2. The van der Waals surface area contributed by atoms with Gasteiger partial charge in [0.1, 0.15) is 84.1 Å². The third-order valence-corrected chi connectivity index (χ3v) is 28.5. The molecule has 18 aromatic heterocycles. The molecular weight excluding hydrogens is 1990 g/mol. The van der Waals surface area contributed by atoms with Crippen LogP contribution in [0.4, 0.5) is 0 Å². The van der Waals surface area contributed by atoms with E-state index >= 15 is 0 Å². The molecule has 764 valence electrons. The number of hydrogen-bond donors (Lipinski definition) is 14. The number of imidazole rings is 2. The number of carbonyl (C=O) groups is 4. The van der Waals surface area contributed by atoms with E-state index in [1.54, 1.807) is 156 Å². The van der Waals surface area contributed by atoms with Crippen LogP contribution in [0.25, 0.3) is 67.4 Å². The van der Waals surface area contributed by atoms with Crippen molar-refractivity contribution in [2.24, 2.45) is 0 Å². The maximum atomic E-state index is 12.6. The summed E-state index contributed by atoms with van der Waals surface area (Å²) in [6.07, 6.45) is 0.941. The van der Waals surface area contributed by atoms with E-state index in [-0.39, 0.29) is 57.2 Å². The van der Waals surface area contributed by atoms with Gasteiger partial charge < -0.3 is 81.0 Å². The molecule has 20 aromatic rings. The highest BCUT2D eigenvalue weighted by atomic mass is 28.3. The van der Waals surface area contributed by atoms with Crippen LogP contribution in [0.2, 0.25) is 39.3 Å². The van der Waals surface area contributed by atoms with E-state index in [0.29, 0.717) is 126 Å². The Morgan fingerprint density at radius 1 is 0.327 bits per heavy atom. The molecule has 0 saturated carbocycles. The van der Waals surface area contributed by atoms with Crippen molar-refractivity contribution in [1.82, 2.24) is 187 Å². The SMILES string of the molecule is COC(=O)c1nn2c(c1-c1ccccc1)C(O)n1nc(C(=O)OC)c(-c3ccccc3)c1C2O.C[Si](C)(C)c1nnn2c1C(O)n1nnc([Si](C)(C)C)c1C2O.O=Cc1cc2n(n1)C(O)c1cc(C=O)nn1C2O.OC1c2ccnn2[C@@H](O)c2ccnn21.OC1c2cnnn2C(O)c2cnnn21.OC1c2nc(-c3ccccn3)nn2C(O)c2nc(-c3ccccn3)nn21.OC1c2nc3cnccc3n2C(O)c2nc3cnccc3n21. The fraction of sp³-hybridized carbons (Fsp3) is 0.244. The molecule has 0 amide bonds. The first-order valence-electron chi connectivity index (χ1n) is 45.5. The van der Waals surface area contributed by atoms with Gasteiger partial charge in [0.2, 0.25) is 12.5 Å². The van der Waals surface area contributed by atoms with Crippen molar-refractivity contribution in [3.05, 3.63) is 298 Å². The van der Waals surface area contributed by atoms with Gasteiger partial charge in [-0.25, -0.2) is 85.7 Å². The van der Waals surface area contributed by atoms with E-state index in [0.717, 1.165) is 29.4 Å². The number of aromatic nitrogens is 38. The summed E-state index contributed by atoms with van der Waals surface area (Å²) >= 11 is 0. The Labute approximate surface area is 841 Å². The first-order chi connectivity index (χ1) is 72.2. The van der Waals surface area contributed by atoms with Crippen LogP contribution in [0.1, 0.15) is 209 Å². The summed E-state index contributed by atoms with van der Waals surface area (Å²) in [5.74, 6) is 0.181. The zero-order valence-electron chi connectivity index (χ0n) is 79.4. The van der Waals surface area contributed by atoms with Gasteiger partial charge in [-0.1, -0.05) is 133 Å². The Morgan fingerprint density at radius 2 is 0.700 bits per heavy atom. The largest absolute Gasteiger partial charge is 0.464 e. The number of aliphatic hydroxyl groups excluding tert-OH is 14. The molecule has 0 radical (unpaired) electrons. The lowest BCUT2D eigenvalue weighted by molar-refractivity contribution is 0.0363. The molecule has 14 atom stereocenters. The molecule has 14 N–H and O–H groups in total. The highest BCUT2D eigenvalue weighted by molar-refractivity contribution is 6.88. The normalized spacial score (nSPS) is 20.2. The van der Waals surface area contributed by atoms with Crippen LogP contribution in [0.15, 0.2) is 195 Å². The number of carbonyl (C=O) groups excluding carboxylic acids is 4. The molecule has 7 aliphatic rings. The van der Waals surface area contributed by atoms with Gasteiger partial charge in [0.05, 0.1) is 83.5 Å². The number of esters is 2. The minimum Gasteiger partial charge on any atom is -0.464 e. The van der Waals surface area contributed by atoms with E-state index in [4.69, 9.17) is 9.47 Å². The summed E-state index contributed by atoms with van der Waals surface area (Å²) < 4.78 is 28.0. The smallest absolute Gasteiger partial charge is 0.359 e. The number of hydrogen-bond acceptors (Lipinski definition) is 44. The van der Waals surface area contributed by atoms with Crippen molar-refractivity contribution < 1.29 is 100 Å². The van der Waals surface area contributed by atoms with Crippen LogP contribution in [0.3, 0.4) is 0 Å². The number of nitrogens with zero attached hydrogens (tertiary/aromatic N) is 38. The molecule has 13 unspecified atom stereocenters. The molecule has 0 spiro atoms. The zero-order chi connectivity index (χ0) is 105. The quantitative estimate of drug-likeness (QED) is 0.0467. The number of pyridine rings is 4. The predicted molar refractivity (Wildman–Crippen MR) is 510 cm³/mol. The monoisotopic (exact) mass is 2070 g/mol. The maximum Gasteiger partial charge on any atom is 0.359 e. The third-order valence-electron chi connectivity index (χ3n) is 25.0. The fourth-order valence-corrected chi connectivity index (χ4v) is 20.8. The van der Waals surface area contributed by atoms with Gasteiger partial charge in [-0.2, -0.15) is 30.6 Å². The summed E-state index contributed by atoms with van der Waals surface area (Å²) in [4.78, 5) is 80.3. The van der Waals surface area contributed by atoms with Crippen LogP contribution in [0.5, 0.6) is 0 Å². The average Bonchev–Trinajstić information content (AvgIpc) is 1.52. The molecule has 0 fully saturated rings. The molecule has 60 heteroatoms. The summed E-state index contributed by atoms with van der Waals surface area (Å²) in [6.45, 7) is 12.8. The summed E-state index contributed by atoms with van der Waals surface area (Å²) in [5, 5.41) is 212. The Balaban J connectivity index is 0.000000104. The Hall–Kier alpha value is -17.8. The van der Waals surface area contributed by atoms with E-state index in [1.165, 1.54) is 88.6 Å².